The number of unbranched alkanes of at least 4 members (excludes halogenated alkanes) is 1. The molecule has 3 heteroatoms. The van der Waals surface area contributed by atoms with Gasteiger partial charge in [0.25, 0.3) is 0 Å². The van der Waals surface area contributed by atoms with Crippen molar-refractivity contribution in [3.8, 4) is 0 Å². The first-order valence-corrected chi connectivity index (χ1v) is 7.03. The Morgan fingerprint density at radius 2 is 2.06 bits per heavy atom. The van der Waals surface area contributed by atoms with Gasteiger partial charge in [-0.05, 0) is 62.0 Å². The van der Waals surface area contributed by atoms with Gasteiger partial charge in [-0.1, -0.05) is 29.8 Å². The molecule has 0 saturated carbocycles. The number of hydrogen-bond donors (Lipinski definition) is 1. The monoisotopic (exact) mass is 301 g/mol. The van der Waals surface area contributed by atoms with Crippen LogP contribution in [-0.2, 0) is 6.42 Å². The highest BCUT2D eigenvalue weighted by Crippen LogP contribution is 2.17. The highest BCUT2D eigenvalue weighted by Gasteiger charge is 2.02. The lowest BCUT2D eigenvalue weighted by atomic mass is 10.1. The summed E-state index contributed by atoms with van der Waals surface area (Å²) in [5.74, 6) is 0.598. The first-order valence-electron chi connectivity index (χ1n) is 6.24. The molecule has 0 amide bonds. The molecule has 0 spiro atoms. The summed E-state index contributed by atoms with van der Waals surface area (Å²) in [6.07, 6.45) is 2.94. The minimum Gasteiger partial charge on any atom is -0.316 e. The highest BCUT2D eigenvalue weighted by molar-refractivity contribution is 9.10. The lowest BCUT2D eigenvalue weighted by Crippen LogP contribution is -2.20. The highest BCUT2D eigenvalue weighted by atomic mass is 79.9. The van der Waals surface area contributed by atoms with E-state index in [4.69, 9.17) is 0 Å². The second-order valence-electron chi connectivity index (χ2n) is 4.79. The van der Waals surface area contributed by atoms with Crippen LogP contribution in [-0.4, -0.2) is 13.1 Å². The molecule has 1 aromatic rings. The van der Waals surface area contributed by atoms with E-state index in [-0.39, 0.29) is 5.82 Å². The van der Waals surface area contributed by atoms with Crippen molar-refractivity contribution in [2.75, 3.05) is 13.1 Å². The second-order valence-corrected chi connectivity index (χ2v) is 5.71. The van der Waals surface area contributed by atoms with Gasteiger partial charge in [0, 0.05) is 4.47 Å². The summed E-state index contributed by atoms with van der Waals surface area (Å²) < 4.78 is 14.4. The van der Waals surface area contributed by atoms with Crippen LogP contribution < -0.4 is 5.32 Å². The van der Waals surface area contributed by atoms with Gasteiger partial charge in [-0.3, -0.25) is 0 Å². The summed E-state index contributed by atoms with van der Waals surface area (Å²) in [5.41, 5.74) is 0.809. The van der Waals surface area contributed by atoms with Crippen LogP contribution in [0.15, 0.2) is 22.7 Å². The average Bonchev–Trinajstić information content (AvgIpc) is 2.27. The number of aryl methyl sites for hydroxylation is 1. The zero-order valence-electron chi connectivity index (χ0n) is 10.6. The molecule has 1 aromatic carbocycles. The molecular weight excluding hydrogens is 281 g/mol. The summed E-state index contributed by atoms with van der Waals surface area (Å²) in [5, 5.41) is 3.39. The van der Waals surface area contributed by atoms with Crippen LogP contribution in [0.1, 0.15) is 32.3 Å². The fourth-order valence-corrected chi connectivity index (χ4v) is 2.10. The summed E-state index contributed by atoms with van der Waals surface area (Å²) in [7, 11) is 0. The van der Waals surface area contributed by atoms with Crippen LogP contribution in [0.2, 0.25) is 0 Å². The third-order valence-electron chi connectivity index (χ3n) is 2.61. The van der Waals surface area contributed by atoms with E-state index in [1.165, 1.54) is 6.07 Å². The van der Waals surface area contributed by atoms with E-state index in [9.17, 15) is 4.39 Å². The van der Waals surface area contributed by atoms with Gasteiger partial charge in [0.05, 0.1) is 0 Å². The van der Waals surface area contributed by atoms with Crippen molar-refractivity contribution in [1.29, 1.82) is 0 Å². The molecule has 0 aliphatic heterocycles. The lowest BCUT2D eigenvalue weighted by Gasteiger charge is -2.07. The molecule has 17 heavy (non-hydrogen) atoms. The Balaban J connectivity index is 2.20. The van der Waals surface area contributed by atoms with E-state index in [2.05, 4.69) is 35.1 Å². The van der Waals surface area contributed by atoms with Crippen molar-refractivity contribution < 1.29 is 4.39 Å². The van der Waals surface area contributed by atoms with Gasteiger partial charge in [-0.2, -0.15) is 0 Å². The fraction of sp³-hybridized carbons (Fsp3) is 0.571. The summed E-state index contributed by atoms with van der Waals surface area (Å²) >= 11 is 3.37. The molecule has 0 aliphatic rings. The molecule has 0 heterocycles. The van der Waals surface area contributed by atoms with Gasteiger partial charge >= 0.3 is 0 Å². The van der Waals surface area contributed by atoms with Crippen LogP contribution in [0.5, 0.6) is 0 Å². The smallest absolute Gasteiger partial charge is 0.126 e. The molecule has 0 unspecified atom stereocenters. The van der Waals surface area contributed by atoms with Crippen LogP contribution in [0, 0.1) is 11.7 Å². The lowest BCUT2D eigenvalue weighted by molar-refractivity contribution is 0.532. The predicted octanol–water partition coefficient (Wildman–Crippen LogP) is 4.16. The standard InChI is InChI=1S/C14H21BrFN/c1-11(2)10-17-8-4-3-5-12-9-13(15)6-7-14(12)16/h6-7,9,11,17H,3-5,8,10H2,1-2H3. The molecule has 1 N–H and O–H groups in total. The molecule has 0 fully saturated rings. The molecule has 0 radical (unpaired) electrons. The van der Waals surface area contributed by atoms with Gasteiger partial charge in [0.1, 0.15) is 5.82 Å². The Labute approximate surface area is 112 Å². The average molecular weight is 302 g/mol. The Kier molecular flexibility index (Phi) is 6.75. The number of hydrogen-bond acceptors (Lipinski definition) is 1. The van der Waals surface area contributed by atoms with E-state index in [0.29, 0.717) is 5.92 Å². The van der Waals surface area contributed by atoms with Crippen molar-refractivity contribution in [3.05, 3.63) is 34.1 Å². The van der Waals surface area contributed by atoms with Crippen molar-refractivity contribution >= 4 is 15.9 Å². The molecule has 96 valence electrons. The summed E-state index contributed by atoms with van der Waals surface area (Å²) in [4.78, 5) is 0. The Morgan fingerprint density at radius 3 is 2.76 bits per heavy atom. The van der Waals surface area contributed by atoms with Gasteiger partial charge in [-0.25, -0.2) is 4.39 Å². The third-order valence-corrected chi connectivity index (χ3v) is 3.10. The van der Waals surface area contributed by atoms with E-state index >= 15 is 0 Å². The first-order chi connectivity index (χ1) is 8.09. The van der Waals surface area contributed by atoms with Crippen molar-refractivity contribution in [2.45, 2.75) is 33.1 Å². The van der Waals surface area contributed by atoms with E-state index in [1.54, 1.807) is 6.07 Å². The normalized spacial score (nSPS) is 11.1. The Bertz CT molecular complexity index is 339. The molecule has 0 aliphatic carbocycles. The summed E-state index contributed by atoms with van der Waals surface area (Å²) in [6, 6.07) is 5.14. The number of rotatable bonds is 7. The largest absolute Gasteiger partial charge is 0.316 e. The molecular formula is C14H21BrFN. The van der Waals surface area contributed by atoms with Gasteiger partial charge < -0.3 is 5.32 Å². The fourth-order valence-electron chi connectivity index (χ4n) is 1.69. The number of nitrogens with one attached hydrogen (secondary N) is 1. The zero-order valence-corrected chi connectivity index (χ0v) is 12.2. The second kappa shape index (κ2) is 7.83. The number of halogens is 2. The van der Waals surface area contributed by atoms with Crippen LogP contribution in [0.4, 0.5) is 4.39 Å². The van der Waals surface area contributed by atoms with Gasteiger partial charge in [-0.15, -0.1) is 0 Å². The Hall–Kier alpha value is -0.410. The van der Waals surface area contributed by atoms with E-state index in [1.807, 2.05) is 6.07 Å². The zero-order chi connectivity index (χ0) is 12.7. The molecule has 0 saturated heterocycles. The van der Waals surface area contributed by atoms with Crippen LogP contribution >= 0.6 is 15.9 Å². The molecule has 1 nitrogen and oxygen atoms in total. The maximum atomic E-state index is 13.4. The topological polar surface area (TPSA) is 12.0 Å². The van der Waals surface area contributed by atoms with Crippen molar-refractivity contribution in [1.82, 2.24) is 5.32 Å². The molecule has 1 rings (SSSR count). The van der Waals surface area contributed by atoms with Crippen LogP contribution in [0.3, 0.4) is 0 Å². The molecule has 0 aromatic heterocycles. The minimum atomic E-state index is -0.0941. The van der Waals surface area contributed by atoms with Gasteiger partial charge in [0.15, 0.2) is 0 Å². The maximum absolute atomic E-state index is 13.4. The third kappa shape index (κ3) is 6.18. The van der Waals surface area contributed by atoms with Crippen LogP contribution in [0.25, 0.3) is 0 Å². The van der Waals surface area contributed by atoms with E-state index < -0.39 is 0 Å². The van der Waals surface area contributed by atoms with E-state index in [0.717, 1.165) is 42.4 Å². The predicted molar refractivity (Wildman–Crippen MR) is 74.7 cm³/mol. The first kappa shape index (κ1) is 14.7. The van der Waals surface area contributed by atoms with Crippen molar-refractivity contribution in [2.24, 2.45) is 5.92 Å². The SMILES string of the molecule is CC(C)CNCCCCc1cc(Br)ccc1F. The molecule has 0 bridgehead atoms. The summed E-state index contributed by atoms with van der Waals surface area (Å²) in [6.45, 7) is 6.48. The van der Waals surface area contributed by atoms with Gasteiger partial charge in [0.2, 0.25) is 0 Å². The molecule has 0 atom stereocenters. The van der Waals surface area contributed by atoms with Crippen molar-refractivity contribution in [3.63, 3.8) is 0 Å². The Morgan fingerprint density at radius 1 is 1.29 bits per heavy atom. The maximum Gasteiger partial charge on any atom is 0.126 e. The quantitative estimate of drug-likeness (QED) is 0.746. The minimum absolute atomic E-state index is 0.0941. The number of benzene rings is 1.